The Labute approximate surface area is 145 Å². The maximum atomic E-state index is 12.7. The summed E-state index contributed by atoms with van der Waals surface area (Å²) in [6.45, 7) is 9.40. The highest BCUT2D eigenvalue weighted by Crippen LogP contribution is 2.23. The third-order valence-electron chi connectivity index (χ3n) is 4.15. The number of nitrogens with zero attached hydrogens (tertiary/aromatic N) is 1. The van der Waals surface area contributed by atoms with Crippen LogP contribution < -0.4 is 5.32 Å². The minimum atomic E-state index is 0.118. The molecule has 2 rings (SSSR count). The average molecular weight is 324 g/mol. The molecule has 3 heteroatoms. The van der Waals surface area contributed by atoms with Gasteiger partial charge in [-0.05, 0) is 37.0 Å². The summed E-state index contributed by atoms with van der Waals surface area (Å²) in [6.07, 6.45) is 0. The van der Waals surface area contributed by atoms with E-state index < -0.39 is 0 Å². The van der Waals surface area contributed by atoms with Crippen LogP contribution in [0.25, 0.3) is 0 Å². The molecular formula is C21H28N2O. The number of nitrogens with one attached hydrogen (secondary N) is 1. The topological polar surface area (TPSA) is 32.3 Å². The fraction of sp³-hybridized carbons (Fsp3) is 0.381. The Kier molecular flexibility index (Phi) is 6.42. The van der Waals surface area contributed by atoms with Gasteiger partial charge in [0.1, 0.15) is 0 Å². The van der Waals surface area contributed by atoms with E-state index in [9.17, 15) is 4.79 Å². The van der Waals surface area contributed by atoms with Gasteiger partial charge in [0.2, 0.25) is 5.91 Å². The van der Waals surface area contributed by atoms with E-state index in [1.54, 1.807) is 0 Å². The number of hydrogen-bond donors (Lipinski definition) is 1. The maximum absolute atomic E-state index is 12.7. The Balaban J connectivity index is 2.04. The van der Waals surface area contributed by atoms with Crippen LogP contribution in [0.4, 0.5) is 5.69 Å². The van der Waals surface area contributed by atoms with Crippen molar-refractivity contribution in [3.8, 4) is 0 Å². The molecule has 1 amide bonds. The van der Waals surface area contributed by atoms with Crippen molar-refractivity contribution in [1.29, 1.82) is 0 Å². The van der Waals surface area contributed by atoms with Gasteiger partial charge in [-0.2, -0.15) is 0 Å². The van der Waals surface area contributed by atoms with Crippen molar-refractivity contribution in [2.24, 2.45) is 0 Å². The molecule has 2 aromatic carbocycles. The lowest BCUT2D eigenvalue weighted by molar-refractivity contribution is -0.131. The second kappa shape index (κ2) is 8.53. The summed E-state index contributed by atoms with van der Waals surface area (Å²) >= 11 is 0. The van der Waals surface area contributed by atoms with Crippen LogP contribution in [-0.4, -0.2) is 23.4 Å². The minimum Gasteiger partial charge on any atom is -0.376 e. The van der Waals surface area contributed by atoms with Crippen LogP contribution in [0.3, 0.4) is 0 Å². The van der Waals surface area contributed by atoms with E-state index in [-0.39, 0.29) is 11.9 Å². The lowest BCUT2D eigenvalue weighted by Gasteiger charge is -2.27. The summed E-state index contributed by atoms with van der Waals surface area (Å²) in [5, 5.41) is 3.32. The van der Waals surface area contributed by atoms with Crippen molar-refractivity contribution in [3.63, 3.8) is 0 Å². The maximum Gasteiger partial charge on any atom is 0.242 e. The van der Waals surface area contributed by atoms with Crippen molar-refractivity contribution in [3.05, 3.63) is 65.7 Å². The molecule has 0 unspecified atom stereocenters. The lowest BCUT2D eigenvalue weighted by Crippen LogP contribution is -2.40. The van der Waals surface area contributed by atoms with Crippen LogP contribution in [0.5, 0.6) is 0 Å². The standard InChI is InChI=1S/C21H28N2O/c1-16(2)19-12-8-9-13-20(19)22-14-21(24)23(17(3)4)15-18-10-6-5-7-11-18/h5-13,16-17,22H,14-15H2,1-4H3. The fourth-order valence-electron chi connectivity index (χ4n) is 2.77. The molecule has 0 aliphatic rings. The first-order valence-corrected chi connectivity index (χ1v) is 8.65. The van der Waals surface area contributed by atoms with Gasteiger partial charge in [-0.3, -0.25) is 4.79 Å². The first-order chi connectivity index (χ1) is 11.5. The molecule has 0 radical (unpaired) electrons. The van der Waals surface area contributed by atoms with Crippen molar-refractivity contribution >= 4 is 11.6 Å². The summed E-state index contributed by atoms with van der Waals surface area (Å²) < 4.78 is 0. The van der Waals surface area contributed by atoms with Gasteiger partial charge < -0.3 is 10.2 Å². The van der Waals surface area contributed by atoms with Crippen molar-refractivity contribution < 1.29 is 4.79 Å². The second-order valence-electron chi connectivity index (χ2n) is 6.70. The Morgan fingerprint density at radius 1 is 0.958 bits per heavy atom. The SMILES string of the molecule is CC(C)c1ccccc1NCC(=O)N(Cc1ccccc1)C(C)C. The van der Waals surface area contributed by atoms with Crippen molar-refractivity contribution in [2.45, 2.75) is 46.2 Å². The third kappa shape index (κ3) is 4.85. The van der Waals surface area contributed by atoms with Crippen LogP contribution in [0, 0.1) is 0 Å². The van der Waals surface area contributed by atoms with E-state index in [4.69, 9.17) is 0 Å². The van der Waals surface area contributed by atoms with Gasteiger partial charge in [-0.15, -0.1) is 0 Å². The zero-order chi connectivity index (χ0) is 17.5. The van der Waals surface area contributed by atoms with Crippen LogP contribution in [0.2, 0.25) is 0 Å². The van der Waals surface area contributed by atoms with Gasteiger partial charge in [0, 0.05) is 18.3 Å². The lowest BCUT2D eigenvalue weighted by atomic mass is 10.0. The molecule has 24 heavy (non-hydrogen) atoms. The summed E-state index contributed by atoms with van der Waals surface area (Å²) in [5.74, 6) is 0.543. The van der Waals surface area contributed by atoms with E-state index in [1.165, 1.54) is 5.56 Å². The predicted molar refractivity (Wildman–Crippen MR) is 101 cm³/mol. The highest BCUT2D eigenvalue weighted by molar-refractivity contribution is 5.81. The highest BCUT2D eigenvalue weighted by atomic mass is 16.2. The molecule has 0 fully saturated rings. The Bertz CT molecular complexity index is 650. The van der Waals surface area contributed by atoms with Crippen LogP contribution >= 0.6 is 0 Å². The van der Waals surface area contributed by atoms with Gasteiger partial charge in [0.15, 0.2) is 0 Å². The summed E-state index contributed by atoms with van der Waals surface area (Å²) in [7, 11) is 0. The number of para-hydroxylation sites is 1. The van der Waals surface area contributed by atoms with Crippen LogP contribution in [0.15, 0.2) is 54.6 Å². The number of anilines is 1. The fourth-order valence-corrected chi connectivity index (χ4v) is 2.77. The molecule has 3 nitrogen and oxygen atoms in total. The molecule has 0 spiro atoms. The molecule has 0 aromatic heterocycles. The molecule has 0 atom stereocenters. The summed E-state index contributed by atoms with van der Waals surface area (Å²) in [6, 6.07) is 18.5. The molecule has 1 N–H and O–H groups in total. The smallest absolute Gasteiger partial charge is 0.242 e. The number of rotatable bonds is 7. The van der Waals surface area contributed by atoms with E-state index in [2.05, 4.69) is 51.2 Å². The highest BCUT2D eigenvalue weighted by Gasteiger charge is 2.17. The van der Waals surface area contributed by atoms with Gasteiger partial charge in [-0.1, -0.05) is 62.4 Å². The van der Waals surface area contributed by atoms with Gasteiger partial charge in [0.25, 0.3) is 0 Å². The predicted octanol–water partition coefficient (Wildman–Crippen LogP) is 4.66. The summed E-state index contributed by atoms with van der Waals surface area (Å²) in [5.41, 5.74) is 3.44. The van der Waals surface area contributed by atoms with Gasteiger partial charge >= 0.3 is 0 Å². The Hall–Kier alpha value is -2.29. The zero-order valence-corrected chi connectivity index (χ0v) is 15.1. The normalized spacial score (nSPS) is 10.9. The molecule has 2 aromatic rings. The minimum absolute atomic E-state index is 0.118. The number of benzene rings is 2. The number of carbonyl (C=O) groups is 1. The molecule has 0 aliphatic heterocycles. The molecule has 0 heterocycles. The largest absolute Gasteiger partial charge is 0.376 e. The quantitative estimate of drug-likeness (QED) is 0.803. The average Bonchev–Trinajstić information content (AvgIpc) is 2.58. The van der Waals surface area contributed by atoms with Crippen molar-refractivity contribution in [2.75, 3.05) is 11.9 Å². The molecular weight excluding hydrogens is 296 g/mol. The first-order valence-electron chi connectivity index (χ1n) is 8.65. The van der Waals surface area contributed by atoms with E-state index in [0.29, 0.717) is 19.0 Å². The monoisotopic (exact) mass is 324 g/mol. The number of amides is 1. The molecule has 0 saturated heterocycles. The van der Waals surface area contributed by atoms with E-state index in [0.717, 1.165) is 11.3 Å². The van der Waals surface area contributed by atoms with Crippen LogP contribution in [-0.2, 0) is 11.3 Å². The second-order valence-corrected chi connectivity index (χ2v) is 6.70. The van der Waals surface area contributed by atoms with E-state index in [1.807, 2.05) is 41.3 Å². The summed E-state index contributed by atoms with van der Waals surface area (Å²) in [4.78, 5) is 14.6. The first kappa shape index (κ1) is 18.1. The van der Waals surface area contributed by atoms with Gasteiger partial charge in [0.05, 0.1) is 6.54 Å². The van der Waals surface area contributed by atoms with Crippen LogP contribution in [0.1, 0.15) is 44.7 Å². The van der Waals surface area contributed by atoms with Gasteiger partial charge in [-0.25, -0.2) is 0 Å². The van der Waals surface area contributed by atoms with Crippen molar-refractivity contribution in [1.82, 2.24) is 4.90 Å². The Morgan fingerprint density at radius 2 is 1.58 bits per heavy atom. The number of carbonyl (C=O) groups excluding carboxylic acids is 1. The molecule has 0 saturated carbocycles. The number of hydrogen-bond acceptors (Lipinski definition) is 2. The third-order valence-corrected chi connectivity index (χ3v) is 4.15. The Morgan fingerprint density at radius 3 is 2.21 bits per heavy atom. The van der Waals surface area contributed by atoms with E-state index >= 15 is 0 Å². The molecule has 0 aliphatic carbocycles. The zero-order valence-electron chi connectivity index (χ0n) is 15.1. The molecule has 128 valence electrons. The molecule has 0 bridgehead atoms.